The lowest BCUT2D eigenvalue weighted by Gasteiger charge is -2.33. The number of anilines is 2. The average molecular weight is 370 g/mol. The Morgan fingerprint density at radius 2 is 1.93 bits per heavy atom. The molecule has 1 aliphatic carbocycles. The van der Waals surface area contributed by atoms with E-state index in [9.17, 15) is 9.90 Å². The van der Waals surface area contributed by atoms with Crippen molar-refractivity contribution >= 4 is 17.4 Å². The predicted molar refractivity (Wildman–Crippen MR) is 104 cm³/mol. The van der Waals surface area contributed by atoms with Crippen LogP contribution in [0.5, 0.6) is 5.75 Å². The zero-order valence-corrected chi connectivity index (χ0v) is 15.6. The molecule has 1 saturated heterocycles. The number of phenols is 1. The van der Waals surface area contributed by atoms with Gasteiger partial charge < -0.3 is 20.2 Å². The first-order valence-electron chi connectivity index (χ1n) is 9.90. The fraction of sp³-hybridized carbons (Fsp3) is 0.500. The molecule has 1 saturated carbocycles. The van der Waals surface area contributed by atoms with E-state index in [0.717, 1.165) is 50.5 Å². The summed E-state index contributed by atoms with van der Waals surface area (Å²) < 4.78 is 1.98. The molecule has 2 fully saturated rings. The summed E-state index contributed by atoms with van der Waals surface area (Å²) in [6.07, 6.45) is 6.53. The predicted octanol–water partition coefficient (Wildman–Crippen LogP) is 1.05. The number of hydrogen-bond acceptors (Lipinski definition) is 4. The molecule has 3 N–H and O–H groups in total. The van der Waals surface area contributed by atoms with Crippen LogP contribution in [0.2, 0.25) is 0 Å². The Balaban J connectivity index is 1.29. The van der Waals surface area contributed by atoms with Crippen LogP contribution in [0.1, 0.15) is 31.7 Å². The van der Waals surface area contributed by atoms with Crippen LogP contribution in [0.15, 0.2) is 36.5 Å². The Hall–Kier alpha value is -2.54. The molecule has 0 radical (unpaired) electrons. The largest absolute Gasteiger partial charge is 0.506 e. The maximum atomic E-state index is 12.5. The number of aromatic nitrogens is 2. The molecule has 1 amide bonds. The van der Waals surface area contributed by atoms with Gasteiger partial charge in [0.2, 0.25) is 0 Å². The van der Waals surface area contributed by atoms with Crippen LogP contribution in [-0.4, -0.2) is 53.5 Å². The monoisotopic (exact) mass is 370 g/mol. The van der Waals surface area contributed by atoms with E-state index in [1.807, 2.05) is 28.9 Å². The summed E-state index contributed by atoms with van der Waals surface area (Å²) in [5.74, 6) is 1.18. The van der Waals surface area contributed by atoms with E-state index in [1.165, 1.54) is 17.7 Å². The van der Waals surface area contributed by atoms with Crippen molar-refractivity contribution in [2.24, 2.45) is 0 Å². The molecule has 4 rings (SSSR count). The third-order valence-corrected chi connectivity index (χ3v) is 5.71. The van der Waals surface area contributed by atoms with Crippen LogP contribution in [0, 0.1) is 0 Å². The molecule has 1 aliphatic heterocycles. The standard InChI is InChI=1S/C20H27N5O2/c26-18-8-4-3-7-17(18)24-13-11-23(12-14-24)15-20(27)22-19-9-10-21-25(19)16-5-1-2-6-16/h3-4,7-10,16,26H,1-2,5-6,11-15H2,(H,22,27)/p+1. The van der Waals surface area contributed by atoms with Gasteiger partial charge in [-0.05, 0) is 25.0 Å². The van der Waals surface area contributed by atoms with Crippen molar-refractivity contribution in [3.05, 3.63) is 36.5 Å². The molecule has 0 atom stereocenters. The van der Waals surface area contributed by atoms with Gasteiger partial charge in [0.25, 0.3) is 5.91 Å². The Labute approximate surface area is 159 Å². The minimum atomic E-state index is 0.0424. The molecule has 0 bridgehead atoms. The Bertz CT molecular complexity index is 776. The van der Waals surface area contributed by atoms with Gasteiger partial charge in [-0.15, -0.1) is 0 Å². The minimum absolute atomic E-state index is 0.0424. The first kappa shape index (κ1) is 17.9. The van der Waals surface area contributed by atoms with Gasteiger partial charge in [0.1, 0.15) is 11.6 Å². The molecule has 2 aliphatic rings. The molecule has 1 aromatic carbocycles. The minimum Gasteiger partial charge on any atom is -0.506 e. The molecule has 2 heterocycles. The van der Waals surface area contributed by atoms with Crippen LogP contribution in [-0.2, 0) is 4.79 Å². The summed E-state index contributed by atoms with van der Waals surface area (Å²) >= 11 is 0. The van der Waals surface area contributed by atoms with Crippen molar-refractivity contribution < 1.29 is 14.8 Å². The molecule has 0 unspecified atom stereocenters. The van der Waals surface area contributed by atoms with E-state index >= 15 is 0 Å². The number of carbonyl (C=O) groups excluding carboxylic acids is 1. The number of nitrogens with one attached hydrogen (secondary N) is 2. The molecular weight excluding hydrogens is 342 g/mol. The lowest BCUT2D eigenvalue weighted by molar-refractivity contribution is -0.892. The second-order valence-corrected chi connectivity index (χ2v) is 7.55. The topological polar surface area (TPSA) is 74.8 Å². The summed E-state index contributed by atoms with van der Waals surface area (Å²) in [6.45, 7) is 3.89. The number of piperazine rings is 1. The average Bonchev–Trinajstić information content (AvgIpc) is 3.34. The number of hydrogen-bond donors (Lipinski definition) is 3. The lowest BCUT2D eigenvalue weighted by Crippen LogP contribution is -3.15. The van der Waals surface area contributed by atoms with E-state index in [-0.39, 0.29) is 5.91 Å². The van der Waals surface area contributed by atoms with Crippen molar-refractivity contribution in [2.75, 3.05) is 42.9 Å². The van der Waals surface area contributed by atoms with Gasteiger partial charge in [0.05, 0.1) is 44.1 Å². The van der Waals surface area contributed by atoms with E-state index in [0.29, 0.717) is 18.3 Å². The molecule has 7 heteroatoms. The molecule has 2 aromatic rings. The van der Waals surface area contributed by atoms with Gasteiger partial charge >= 0.3 is 0 Å². The molecule has 7 nitrogen and oxygen atoms in total. The van der Waals surface area contributed by atoms with Gasteiger partial charge in [-0.3, -0.25) is 4.79 Å². The molecule has 144 valence electrons. The summed E-state index contributed by atoms with van der Waals surface area (Å²) in [5, 5.41) is 17.5. The normalized spacial score (nSPS) is 18.7. The van der Waals surface area contributed by atoms with Crippen molar-refractivity contribution in [3.8, 4) is 5.75 Å². The van der Waals surface area contributed by atoms with Gasteiger partial charge in [-0.25, -0.2) is 4.68 Å². The Morgan fingerprint density at radius 1 is 1.19 bits per heavy atom. The molecule has 1 aromatic heterocycles. The zero-order chi connectivity index (χ0) is 18.6. The smallest absolute Gasteiger partial charge is 0.280 e. The van der Waals surface area contributed by atoms with Crippen LogP contribution in [0.3, 0.4) is 0 Å². The van der Waals surface area contributed by atoms with Crippen molar-refractivity contribution in [3.63, 3.8) is 0 Å². The number of carbonyl (C=O) groups is 1. The fourth-order valence-corrected chi connectivity index (χ4v) is 4.24. The number of aromatic hydroxyl groups is 1. The summed E-state index contributed by atoms with van der Waals surface area (Å²) in [5.41, 5.74) is 0.876. The van der Waals surface area contributed by atoms with Crippen LogP contribution >= 0.6 is 0 Å². The van der Waals surface area contributed by atoms with Crippen LogP contribution < -0.4 is 15.1 Å². The van der Waals surface area contributed by atoms with E-state index in [1.54, 1.807) is 12.3 Å². The number of quaternary nitrogens is 1. The number of para-hydroxylation sites is 2. The third-order valence-electron chi connectivity index (χ3n) is 5.71. The van der Waals surface area contributed by atoms with Gasteiger partial charge in [-0.2, -0.15) is 5.10 Å². The van der Waals surface area contributed by atoms with Crippen LogP contribution in [0.25, 0.3) is 0 Å². The zero-order valence-electron chi connectivity index (χ0n) is 15.6. The van der Waals surface area contributed by atoms with Crippen molar-refractivity contribution in [2.45, 2.75) is 31.7 Å². The van der Waals surface area contributed by atoms with E-state index in [4.69, 9.17) is 0 Å². The quantitative estimate of drug-likeness (QED) is 0.735. The van der Waals surface area contributed by atoms with Gasteiger partial charge in [-0.1, -0.05) is 25.0 Å². The Morgan fingerprint density at radius 3 is 2.67 bits per heavy atom. The van der Waals surface area contributed by atoms with E-state index in [2.05, 4.69) is 15.3 Å². The number of benzene rings is 1. The second-order valence-electron chi connectivity index (χ2n) is 7.55. The fourth-order valence-electron chi connectivity index (χ4n) is 4.24. The second kappa shape index (κ2) is 8.00. The summed E-state index contributed by atoms with van der Waals surface area (Å²) in [7, 11) is 0. The summed E-state index contributed by atoms with van der Waals surface area (Å²) in [4.78, 5) is 16.0. The maximum Gasteiger partial charge on any atom is 0.280 e. The van der Waals surface area contributed by atoms with Crippen molar-refractivity contribution in [1.29, 1.82) is 0 Å². The Kier molecular flexibility index (Phi) is 5.29. The lowest BCUT2D eigenvalue weighted by atomic mass is 10.2. The number of phenolic OH excluding ortho intramolecular Hbond substituents is 1. The SMILES string of the molecule is O=C(C[NH+]1CCN(c2ccccc2O)CC1)Nc1ccnn1C1CCCC1. The molecular formula is C20H28N5O2+. The highest BCUT2D eigenvalue weighted by Gasteiger charge is 2.25. The molecule has 0 spiro atoms. The van der Waals surface area contributed by atoms with Gasteiger partial charge in [0, 0.05) is 6.07 Å². The van der Waals surface area contributed by atoms with Crippen LogP contribution in [0.4, 0.5) is 11.5 Å². The maximum absolute atomic E-state index is 12.5. The summed E-state index contributed by atoms with van der Waals surface area (Å²) in [6, 6.07) is 9.75. The number of amides is 1. The van der Waals surface area contributed by atoms with Crippen molar-refractivity contribution in [1.82, 2.24) is 9.78 Å². The third kappa shape index (κ3) is 4.08. The number of nitrogens with zero attached hydrogens (tertiary/aromatic N) is 3. The first-order valence-corrected chi connectivity index (χ1v) is 9.90. The van der Waals surface area contributed by atoms with E-state index < -0.39 is 0 Å². The highest BCUT2D eigenvalue weighted by atomic mass is 16.3. The first-order chi connectivity index (χ1) is 13.2. The van der Waals surface area contributed by atoms with Gasteiger partial charge in [0.15, 0.2) is 6.54 Å². The number of rotatable bonds is 5. The highest BCUT2D eigenvalue weighted by molar-refractivity contribution is 5.90. The highest BCUT2D eigenvalue weighted by Crippen LogP contribution is 2.31. The molecule has 27 heavy (non-hydrogen) atoms.